The number of aryl methyl sites for hydroxylation is 4. The largest absolute Gasteiger partial charge is 0.500 e. The quantitative estimate of drug-likeness (QED) is 0.131. The van der Waals surface area contributed by atoms with Crippen LogP contribution >= 0.6 is 0 Å². The zero-order valence-electron chi connectivity index (χ0n) is 32.2. The van der Waals surface area contributed by atoms with E-state index in [9.17, 15) is 0 Å². The van der Waals surface area contributed by atoms with Crippen LogP contribution in [0.15, 0.2) is 138 Å². The Balaban J connectivity index is 0.000000219. The van der Waals surface area contributed by atoms with Crippen LogP contribution < -0.4 is 0 Å². The summed E-state index contributed by atoms with van der Waals surface area (Å²) in [7, 11) is 0. The molecule has 4 heterocycles. The Labute approximate surface area is 325 Å². The fourth-order valence-corrected chi connectivity index (χ4v) is 7.13. The van der Waals surface area contributed by atoms with Gasteiger partial charge in [-0.25, -0.2) is 0 Å². The van der Waals surface area contributed by atoms with Gasteiger partial charge in [-0.3, -0.25) is 9.97 Å². The van der Waals surface area contributed by atoms with Crippen LogP contribution in [0.4, 0.5) is 0 Å². The average Bonchev–Trinajstić information content (AvgIpc) is 3.81. The van der Waals surface area contributed by atoms with Gasteiger partial charge in [0.05, 0.1) is 28.1 Å². The molecule has 0 aliphatic heterocycles. The Kier molecular flexibility index (Phi) is 8.03. The minimum absolute atomic E-state index is 0. The molecular formula is C47H34IrN4O-2. The number of para-hydroxylation sites is 1. The zero-order chi connectivity index (χ0) is 37.8. The number of fused-ring (bicyclic) bond motifs is 8. The third kappa shape index (κ3) is 5.90. The van der Waals surface area contributed by atoms with Gasteiger partial charge in [-0.05, 0) is 72.7 Å². The van der Waals surface area contributed by atoms with Crippen LogP contribution in [0.3, 0.4) is 0 Å². The van der Waals surface area contributed by atoms with Crippen molar-refractivity contribution in [2.24, 2.45) is 0 Å². The summed E-state index contributed by atoms with van der Waals surface area (Å²) in [6, 6.07) is 48.9. The number of aromatic nitrogens is 4. The first-order valence-electron chi connectivity index (χ1n) is 18.7. The standard InChI is InChI=1S/C35H24N3O.C12H10N.Ir/c1-20-21(2)36-22(3)32-31(20)37-35(38(32)25-11-5-4-6-12-25)29-15-9-14-27-28-19-18-24-17-16-23-10-7-8-13-26(23)30(24)34(28)39-33(27)29;1-10-7-8-12(13-9-10)11-5-3-2-4-6-11;/h4-14,16-19H,1-3H3;2-5,7-9H,1H3;/q2*-1;/i;1D3;. The van der Waals surface area contributed by atoms with Crippen molar-refractivity contribution in [1.82, 2.24) is 19.5 Å². The number of pyridine rings is 2. The third-order valence-electron chi connectivity index (χ3n) is 9.75. The van der Waals surface area contributed by atoms with E-state index in [0.717, 1.165) is 89.0 Å². The van der Waals surface area contributed by atoms with Gasteiger partial charge in [0.1, 0.15) is 5.58 Å². The van der Waals surface area contributed by atoms with Crippen molar-refractivity contribution in [2.45, 2.75) is 27.6 Å². The molecule has 0 amide bonds. The van der Waals surface area contributed by atoms with Gasteiger partial charge in [0, 0.05) is 52.6 Å². The average molecular weight is 866 g/mol. The molecule has 5 nitrogen and oxygen atoms in total. The van der Waals surface area contributed by atoms with Crippen molar-refractivity contribution >= 4 is 54.5 Å². The number of nitrogens with zero attached hydrogens (tertiary/aromatic N) is 4. The number of imidazole rings is 1. The zero-order valence-corrected chi connectivity index (χ0v) is 31.6. The predicted molar refractivity (Wildman–Crippen MR) is 213 cm³/mol. The summed E-state index contributed by atoms with van der Waals surface area (Å²) >= 11 is 0. The van der Waals surface area contributed by atoms with Crippen molar-refractivity contribution in [3.8, 4) is 28.3 Å². The normalized spacial score (nSPS) is 12.3. The molecule has 259 valence electrons. The second kappa shape index (κ2) is 13.9. The maximum absolute atomic E-state index is 7.23. The number of hydrogen-bond donors (Lipinski definition) is 0. The van der Waals surface area contributed by atoms with E-state index in [-0.39, 0.29) is 25.7 Å². The van der Waals surface area contributed by atoms with Gasteiger partial charge in [0.2, 0.25) is 0 Å². The first-order valence-corrected chi connectivity index (χ1v) is 17.2. The van der Waals surface area contributed by atoms with Gasteiger partial charge >= 0.3 is 0 Å². The van der Waals surface area contributed by atoms with Gasteiger partial charge in [-0.15, -0.1) is 54.1 Å². The molecule has 0 spiro atoms. The van der Waals surface area contributed by atoms with E-state index in [1.807, 2.05) is 37.3 Å². The fraction of sp³-hybridized carbons (Fsp3) is 0.0851. The van der Waals surface area contributed by atoms with Crippen molar-refractivity contribution in [1.29, 1.82) is 0 Å². The molecule has 6 aromatic carbocycles. The van der Waals surface area contributed by atoms with Gasteiger partial charge in [0.25, 0.3) is 0 Å². The summed E-state index contributed by atoms with van der Waals surface area (Å²) in [5.74, 6) is 0.800. The minimum atomic E-state index is -2.09. The minimum Gasteiger partial charge on any atom is -0.500 e. The molecule has 10 rings (SSSR count). The third-order valence-corrected chi connectivity index (χ3v) is 9.75. The van der Waals surface area contributed by atoms with Gasteiger partial charge in [-0.2, -0.15) is 0 Å². The Morgan fingerprint density at radius 1 is 0.660 bits per heavy atom. The van der Waals surface area contributed by atoms with Crippen molar-refractivity contribution < 1.29 is 28.6 Å². The van der Waals surface area contributed by atoms with E-state index in [4.69, 9.17) is 18.5 Å². The molecule has 0 aliphatic carbocycles. The molecule has 6 heteroatoms. The monoisotopic (exact) mass is 866 g/mol. The molecule has 10 aromatic rings. The smallest absolute Gasteiger partial charge is 0.129 e. The maximum Gasteiger partial charge on any atom is 0.129 e. The molecule has 0 atom stereocenters. The SMILES string of the molecule is Cc1nc(C)c2c(nc(-c3[c-]ccc4c3oc3c4ccc4ccc5ccccc5c43)n2-c2ccccc2)c1C.[2H]C([2H])([2H])c1ccc(-c2[c-]cccc2)nc1.[Ir]. The van der Waals surface area contributed by atoms with E-state index in [1.54, 1.807) is 18.2 Å². The molecule has 53 heavy (non-hydrogen) atoms. The summed E-state index contributed by atoms with van der Waals surface area (Å²) in [5.41, 5.74) is 10.4. The molecule has 0 fully saturated rings. The molecule has 0 unspecified atom stereocenters. The van der Waals surface area contributed by atoms with Crippen LogP contribution in [0, 0.1) is 39.8 Å². The van der Waals surface area contributed by atoms with Crippen LogP contribution in [0.1, 0.15) is 26.6 Å². The van der Waals surface area contributed by atoms with E-state index in [2.05, 4.69) is 114 Å². The van der Waals surface area contributed by atoms with Crippen LogP contribution in [0.5, 0.6) is 0 Å². The Morgan fingerprint density at radius 3 is 2.23 bits per heavy atom. The second-order valence-corrected chi connectivity index (χ2v) is 12.9. The van der Waals surface area contributed by atoms with Crippen LogP contribution in [0.25, 0.3) is 82.8 Å². The molecule has 0 saturated heterocycles. The number of furan rings is 1. The van der Waals surface area contributed by atoms with Crippen molar-refractivity contribution in [3.63, 3.8) is 0 Å². The van der Waals surface area contributed by atoms with Gasteiger partial charge in [-0.1, -0.05) is 89.8 Å². The molecule has 0 bridgehead atoms. The summed E-state index contributed by atoms with van der Waals surface area (Å²) in [6.07, 6.45) is 1.39. The maximum atomic E-state index is 7.23. The van der Waals surface area contributed by atoms with E-state index < -0.39 is 6.85 Å². The van der Waals surface area contributed by atoms with Gasteiger partial charge < -0.3 is 14.0 Å². The van der Waals surface area contributed by atoms with Gasteiger partial charge in [0.15, 0.2) is 0 Å². The summed E-state index contributed by atoms with van der Waals surface area (Å²) < 4.78 is 30.7. The topological polar surface area (TPSA) is 56.7 Å². The van der Waals surface area contributed by atoms with Crippen molar-refractivity contribution in [2.75, 3.05) is 0 Å². The van der Waals surface area contributed by atoms with E-state index >= 15 is 0 Å². The van der Waals surface area contributed by atoms with Crippen LogP contribution in [-0.2, 0) is 20.1 Å². The van der Waals surface area contributed by atoms with Crippen molar-refractivity contribution in [3.05, 3.63) is 168 Å². The molecule has 4 aromatic heterocycles. The fourth-order valence-electron chi connectivity index (χ4n) is 7.13. The second-order valence-electron chi connectivity index (χ2n) is 12.9. The summed E-state index contributed by atoms with van der Waals surface area (Å²) in [5, 5.41) is 6.84. The Morgan fingerprint density at radius 2 is 1.43 bits per heavy atom. The first kappa shape index (κ1) is 30.7. The molecule has 1 radical (unpaired) electrons. The summed E-state index contributed by atoms with van der Waals surface area (Å²) in [6.45, 7) is 4.11. The predicted octanol–water partition coefficient (Wildman–Crippen LogP) is 11.9. The number of rotatable bonds is 3. The molecule has 0 N–H and O–H groups in total. The van der Waals surface area contributed by atoms with E-state index in [1.165, 1.54) is 17.0 Å². The van der Waals surface area contributed by atoms with E-state index in [0.29, 0.717) is 0 Å². The Hall–Kier alpha value is -5.94. The number of hydrogen-bond acceptors (Lipinski definition) is 4. The molecular weight excluding hydrogens is 829 g/mol. The van der Waals surface area contributed by atoms with Crippen LogP contribution in [0.2, 0.25) is 0 Å². The summed E-state index contributed by atoms with van der Waals surface area (Å²) in [4.78, 5) is 14.2. The molecule has 0 saturated carbocycles. The number of benzene rings is 6. The first-order chi connectivity index (χ1) is 26.7. The molecule has 0 aliphatic rings. The van der Waals surface area contributed by atoms with Crippen LogP contribution in [-0.4, -0.2) is 19.5 Å². The Bertz CT molecular complexity index is 3050.